The van der Waals surface area contributed by atoms with E-state index in [1.54, 1.807) is 30.0 Å². The van der Waals surface area contributed by atoms with Crippen LogP contribution in [0.1, 0.15) is 11.1 Å². The van der Waals surface area contributed by atoms with Gasteiger partial charge in [0, 0.05) is 34.7 Å². The van der Waals surface area contributed by atoms with Crippen molar-refractivity contribution in [3.8, 4) is 0 Å². The first-order valence-corrected chi connectivity index (χ1v) is 8.90. The summed E-state index contributed by atoms with van der Waals surface area (Å²) >= 11 is 7.61. The number of nitro benzene ring substituents is 1. The van der Waals surface area contributed by atoms with Crippen LogP contribution in [0.2, 0.25) is 5.02 Å². The van der Waals surface area contributed by atoms with Gasteiger partial charge >= 0.3 is 0 Å². The van der Waals surface area contributed by atoms with E-state index in [0.29, 0.717) is 17.1 Å². The second-order valence-electron chi connectivity index (χ2n) is 5.10. The van der Waals surface area contributed by atoms with Gasteiger partial charge in [0.2, 0.25) is 5.91 Å². The molecular weight excluding hydrogens is 348 g/mol. The Hall–Kier alpha value is -2.05. The molecule has 0 saturated heterocycles. The first kappa shape index (κ1) is 18.3. The van der Waals surface area contributed by atoms with Crippen molar-refractivity contribution in [2.45, 2.75) is 12.2 Å². The largest absolute Gasteiger partial charge is 0.355 e. The number of para-hydroxylation sites is 1. The van der Waals surface area contributed by atoms with E-state index >= 15 is 0 Å². The van der Waals surface area contributed by atoms with Crippen LogP contribution in [0.3, 0.4) is 0 Å². The van der Waals surface area contributed by atoms with Crippen molar-refractivity contribution in [3.05, 3.63) is 74.8 Å². The quantitative estimate of drug-likeness (QED) is 0.439. The van der Waals surface area contributed by atoms with E-state index in [4.69, 9.17) is 11.6 Å². The zero-order chi connectivity index (χ0) is 17.4. The lowest BCUT2D eigenvalue weighted by atomic mass is 10.1. The van der Waals surface area contributed by atoms with Crippen molar-refractivity contribution in [1.82, 2.24) is 5.32 Å². The van der Waals surface area contributed by atoms with Gasteiger partial charge in [0.05, 0.1) is 11.3 Å². The van der Waals surface area contributed by atoms with E-state index in [1.807, 2.05) is 24.3 Å². The van der Waals surface area contributed by atoms with Crippen molar-refractivity contribution in [1.29, 1.82) is 0 Å². The molecule has 0 spiro atoms. The monoisotopic (exact) mass is 364 g/mol. The molecule has 2 aromatic carbocycles. The number of nitrogens with zero attached hydrogens (tertiary/aromatic N) is 1. The molecular formula is C17H17ClN2O3S. The average molecular weight is 365 g/mol. The van der Waals surface area contributed by atoms with Crippen LogP contribution in [-0.2, 0) is 17.0 Å². The van der Waals surface area contributed by atoms with Crippen molar-refractivity contribution in [2.75, 3.05) is 12.3 Å². The highest BCUT2D eigenvalue weighted by Crippen LogP contribution is 2.18. The summed E-state index contributed by atoms with van der Waals surface area (Å²) in [6, 6.07) is 14.0. The third-order valence-corrected chi connectivity index (χ3v) is 4.53. The summed E-state index contributed by atoms with van der Waals surface area (Å²) in [7, 11) is 0. The minimum absolute atomic E-state index is 0.0100. The van der Waals surface area contributed by atoms with Crippen molar-refractivity contribution in [3.63, 3.8) is 0 Å². The molecule has 0 aliphatic heterocycles. The van der Waals surface area contributed by atoms with E-state index in [0.717, 1.165) is 17.1 Å². The highest BCUT2D eigenvalue weighted by Gasteiger charge is 2.14. The van der Waals surface area contributed by atoms with Crippen molar-refractivity contribution < 1.29 is 9.72 Å². The zero-order valence-corrected chi connectivity index (χ0v) is 14.5. The molecule has 0 aromatic heterocycles. The number of carbonyl (C=O) groups excluding carboxylic acids is 1. The zero-order valence-electron chi connectivity index (χ0n) is 12.9. The molecule has 1 N–H and O–H groups in total. The Morgan fingerprint density at radius 2 is 2.00 bits per heavy atom. The first-order valence-electron chi connectivity index (χ1n) is 7.37. The summed E-state index contributed by atoms with van der Waals surface area (Å²) in [6.07, 6.45) is 0.0100. The fourth-order valence-corrected chi connectivity index (χ4v) is 3.17. The number of nitro groups is 1. The van der Waals surface area contributed by atoms with Gasteiger partial charge in [0.1, 0.15) is 0 Å². The van der Waals surface area contributed by atoms with Crippen LogP contribution < -0.4 is 5.32 Å². The molecule has 0 heterocycles. The van der Waals surface area contributed by atoms with Crippen LogP contribution >= 0.6 is 23.4 Å². The Morgan fingerprint density at radius 3 is 2.75 bits per heavy atom. The Morgan fingerprint density at radius 1 is 1.21 bits per heavy atom. The van der Waals surface area contributed by atoms with E-state index in [1.165, 1.54) is 6.07 Å². The molecule has 0 bridgehead atoms. The maximum atomic E-state index is 11.9. The minimum Gasteiger partial charge on any atom is -0.355 e. The lowest BCUT2D eigenvalue weighted by molar-refractivity contribution is -0.385. The van der Waals surface area contributed by atoms with Gasteiger partial charge in [-0.25, -0.2) is 0 Å². The standard InChI is InChI=1S/C17H17ClN2O3S/c18-15-6-3-4-13(10-15)12-24-9-8-19-17(21)11-14-5-1-2-7-16(14)20(22)23/h1-7,10H,8-9,11-12H2,(H,19,21). The van der Waals surface area contributed by atoms with Gasteiger partial charge in [0.15, 0.2) is 0 Å². The summed E-state index contributed by atoms with van der Waals surface area (Å²) in [5.41, 5.74) is 1.54. The van der Waals surface area contributed by atoms with E-state index in [2.05, 4.69) is 5.32 Å². The van der Waals surface area contributed by atoms with E-state index in [-0.39, 0.29) is 18.0 Å². The molecule has 0 radical (unpaired) electrons. The highest BCUT2D eigenvalue weighted by atomic mass is 35.5. The smallest absolute Gasteiger partial charge is 0.273 e. The summed E-state index contributed by atoms with van der Waals surface area (Å²) in [6.45, 7) is 0.519. The molecule has 5 nitrogen and oxygen atoms in total. The number of hydrogen-bond donors (Lipinski definition) is 1. The van der Waals surface area contributed by atoms with Gasteiger partial charge < -0.3 is 5.32 Å². The van der Waals surface area contributed by atoms with E-state index in [9.17, 15) is 14.9 Å². The maximum Gasteiger partial charge on any atom is 0.273 e. The fourth-order valence-electron chi connectivity index (χ4n) is 2.15. The Labute approximate surface area is 149 Å². The number of thioether (sulfide) groups is 1. The lowest BCUT2D eigenvalue weighted by Gasteiger charge is -2.06. The number of carbonyl (C=O) groups is 1. The number of benzene rings is 2. The molecule has 0 unspecified atom stereocenters. The molecule has 2 rings (SSSR count). The Balaban J connectivity index is 1.71. The molecule has 0 aliphatic carbocycles. The van der Waals surface area contributed by atoms with Gasteiger partial charge in [-0.2, -0.15) is 11.8 Å². The number of rotatable bonds is 8. The van der Waals surface area contributed by atoms with E-state index < -0.39 is 4.92 Å². The SMILES string of the molecule is O=C(Cc1ccccc1[N+](=O)[O-])NCCSCc1cccc(Cl)c1. The van der Waals surface area contributed by atoms with Crippen LogP contribution in [0.4, 0.5) is 5.69 Å². The van der Waals surface area contributed by atoms with Gasteiger partial charge in [0.25, 0.3) is 5.69 Å². The number of halogens is 1. The average Bonchev–Trinajstić information content (AvgIpc) is 2.55. The fraction of sp³-hybridized carbons (Fsp3) is 0.235. The van der Waals surface area contributed by atoms with Crippen LogP contribution in [0.15, 0.2) is 48.5 Å². The summed E-state index contributed by atoms with van der Waals surface area (Å²) in [5, 5.41) is 14.4. The maximum absolute atomic E-state index is 11.9. The van der Waals surface area contributed by atoms with Crippen LogP contribution in [0, 0.1) is 10.1 Å². The van der Waals surface area contributed by atoms with Gasteiger partial charge in [-0.15, -0.1) is 0 Å². The van der Waals surface area contributed by atoms with Gasteiger partial charge in [-0.1, -0.05) is 41.9 Å². The first-order chi connectivity index (χ1) is 11.6. The molecule has 0 fully saturated rings. The van der Waals surface area contributed by atoms with Crippen molar-refractivity contribution in [2.24, 2.45) is 0 Å². The minimum atomic E-state index is -0.469. The normalized spacial score (nSPS) is 10.4. The van der Waals surface area contributed by atoms with Gasteiger partial charge in [-0.05, 0) is 17.7 Å². The topological polar surface area (TPSA) is 72.2 Å². The molecule has 0 atom stereocenters. The van der Waals surface area contributed by atoms with Crippen LogP contribution in [-0.4, -0.2) is 23.1 Å². The summed E-state index contributed by atoms with van der Waals surface area (Å²) < 4.78 is 0. The van der Waals surface area contributed by atoms with Crippen LogP contribution in [0.5, 0.6) is 0 Å². The molecule has 1 amide bonds. The second-order valence-corrected chi connectivity index (χ2v) is 6.64. The molecule has 24 heavy (non-hydrogen) atoms. The second kappa shape index (κ2) is 9.30. The molecule has 0 aliphatic rings. The predicted octanol–water partition coefficient (Wildman–Crippen LogP) is 3.84. The Bertz CT molecular complexity index is 724. The highest BCUT2D eigenvalue weighted by molar-refractivity contribution is 7.98. The predicted molar refractivity (Wildman–Crippen MR) is 97.4 cm³/mol. The van der Waals surface area contributed by atoms with Gasteiger partial charge in [-0.3, -0.25) is 14.9 Å². The number of amides is 1. The molecule has 126 valence electrons. The Kier molecular flexibility index (Phi) is 7.08. The van der Waals surface area contributed by atoms with Crippen LogP contribution in [0.25, 0.3) is 0 Å². The number of hydrogen-bond acceptors (Lipinski definition) is 4. The summed E-state index contributed by atoms with van der Waals surface area (Å²) in [5.74, 6) is 1.36. The molecule has 0 saturated carbocycles. The third kappa shape index (κ3) is 5.86. The summed E-state index contributed by atoms with van der Waals surface area (Å²) in [4.78, 5) is 22.4. The number of nitrogens with one attached hydrogen (secondary N) is 1. The lowest BCUT2D eigenvalue weighted by Crippen LogP contribution is -2.27. The molecule has 7 heteroatoms. The third-order valence-electron chi connectivity index (χ3n) is 3.27. The van der Waals surface area contributed by atoms with Crippen molar-refractivity contribution >= 4 is 35.0 Å². The molecule has 2 aromatic rings.